The number of fused-ring (bicyclic) bond motifs is 4. The summed E-state index contributed by atoms with van der Waals surface area (Å²) in [5, 5.41) is 0. The molecule has 5 rings (SSSR count). The zero-order valence-corrected chi connectivity index (χ0v) is 18.7. The highest BCUT2D eigenvalue weighted by molar-refractivity contribution is 5.94. The average molecular weight is 428 g/mol. The Kier molecular flexibility index (Phi) is 5.43. The summed E-state index contributed by atoms with van der Waals surface area (Å²) in [7, 11) is 4.08. The van der Waals surface area contributed by atoms with Gasteiger partial charge in [-0.05, 0) is 61.8 Å². The first-order chi connectivity index (χ1) is 15.5. The Labute approximate surface area is 188 Å². The van der Waals surface area contributed by atoms with Crippen molar-refractivity contribution in [2.24, 2.45) is 5.92 Å². The molecule has 0 unspecified atom stereocenters. The van der Waals surface area contributed by atoms with Crippen molar-refractivity contribution in [3.05, 3.63) is 93.9 Å². The zero-order valence-electron chi connectivity index (χ0n) is 18.7. The van der Waals surface area contributed by atoms with E-state index in [0.717, 1.165) is 40.9 Å². The highest BCUT2D eigenvalue weighted by Gasteiger charge is 2.37. The molecule has 0 N–H and O–H groups in total. The minimum absolute atomic E-state index is 0.0883. The number of carbonyl (C=O) groups is 1. The van der Waals surface area contributed by atoms with E-state index >= 15 is 0 Å². The number of rotatable bonds is 4. The van der Waals surface area contributed by atoms with Gasteiger partial charge in [0.1, 0.15) is 0 Å². The SMILES string of the molecule is CN(C)Cc1ccccc1-c1ccc2n(c1=O)C[C@H]1C[C@@H]2CN(C(=O)c2ccccc2)C1. The number of hydrogen-bond donors (Lipinski definition) is 0. The Morgan fingerprint density at radius 2 is 1.66 bits per heavy atom. The van der Waals surface area contributed by atoms with Crippen LogP contribution < -0.4 is 5.56 Å². The van der Waals surface area contributed by atoms with Gasteiger partial charge in [0.15, 0.2) is 0 Å². The average Bonchev–Trinajstić information content (AvgIpc) is 2.80. The van der Waals surface area contributed by atoms with E-state index in [0.29, 0.717) is 25.6 Å². The van der Waals surface area contributed by atoms with Gasteiger partial charge in [-0.25, -0.2) is 0 Å². The molecule has 32 heavy (non-hydrogen) atoms. The fourth-order valence-electron chi connectivity index (χ4n) is 5.34. The summed E-state index contributed by atoms with van der Waals surface area (Å²) < 4.78 is 1.98. The van der Waals surface area contributed by atoms with Crippen LogP contribution in [0.5, 0.6) is 0 Å². The number of pyridine rings is 1. The Bertz CT molecular complexity index is 1200. The third-order valence-corrected chi connectivity index (χ3v) is 6.71. The first-order valence-corrected chi connectivity index (χ1v) is 11.3. The van der Waals surface area contributed by atoms with Gasteiger partial charge in [-0.2, -0.15) is 0 Å². The number of likely N-dealkylation sites (tertiary alicyclic amines) is 1. The highest BCUT2D eigenvalue weighted by Crippen LogP contribution is 2.36. The quantitative estimate of drug-likeness (QED) is 0.636. The van der Waals surface area contributed by atoms with E-state index in [1.165, 1.54) is 0 Å². The number of piperidine rings is 1. The topological polar surface area (TPSA) is 45.6 Å². The van der Waals surface area contributed by atoms with E-state index in [1.54, 1.807) is 0 Å². The Balaban J connectivity index is 1.47. The summed E-state index contributed by atoms with van der Waals surface area (Å²) in [5.74, 6) is 0.596. The third kappa shape index (κ3) is 3.78. The van der Waals surface area contributed by atoms with E-state index in [9.17, 15) is 9.59 Å². The fraction of sp³-hybridized carbons (Fsp3) is 0.333. The van der Waals surface area contributed by atoms with E-state index in [-0.39, 0.29) is 17.4 Å². The van der Waals surface area contributed by atoms with Crippen molar-refractivity contribution in [2.45, 2.75) is 25.4 Å². The lowest BCUT2D eigenvalue weighted by atomic mass is 9.82. The molecule has 164 valence electrons. The first kappa shape index (κ1) is 20.7. The van der Waals surface area contributed by atoms with Crippen LogP contribution in [-0.2, 0) is 13.1 Å². The molecule has 5 nitrogen and oxygen atoms in total. The van der Waals surface area contributed by atoms with Gasteiger partial charge in [-0.15, -0.1) is 0 Å². The second-order valence-corrected chi connectivity index (χ2v) is 9.36. The van der Waals surface area contributed by atoms with E-state index in [4.69, 9.17) is 0 Å². The number of nitrogens with zero attached hydrogens (tertiary/aromatic N) is 3. The molecule has 2 atom stereocenters. The predicted molar refractivity (Wildman–Crippen MR) is 127 cm³/mol. The molecular weight excluding hydrogens is 398 g/mol. The van der Waals surface area contributed by atoms with E-state index in [1.807, 2.05) is 78.2 Å². The molecule has 1 fully saturated rings. The third-order valence-electron chi connectivity index (χ3n) is 6.71. The van der Waals surface area contributed by atoms with Crippen LogP contribution in [0.3, 0.4) is 0 Å². The minimum Gasteiger partial charge on any atom is -0.338 e. The zero-order chi connectivity index (χ0) is 22.2. The summed E-state index contributed by atoms with van der Waals surface area (Å²) >= 11 is 0. The van der Waals surface area contributed by atoms with Gasteiger partial charge in [0.25, 0.3) is 11.5 Å². The Morgan fingerprint density at radius 1 is 0.906 bits per heavy atom. The van der Waals surface area contributed by atoms with E-state index < -0.39 is 0 Å². The summed E-state index contributed by atoms with van der Waals surface area (Å²) in [6.45, 7) is 2.84. The Hall–Kier alpha value is -3.18. The van der Waals surface area contributed by atoms with Crippen molar-refractivity contribution < 1.29 is 4.79 Å². The summed E-state index contributed by atoms with van der Waals surface area (Å²) in [5.41, 5.74) is 4.82. The second kappa shape index (κ2) is 8.40. The van der Waals surface area contributed by atoms with Gasteiger partial charge < -0.3 is 14.4 Å². The molecule has 0 spiro atoms. The van der Waals surface area contributed by atoms with Gasteiger partial charge in [0, 0.05) is 48.9 Å². The first-order valence-electron chi connectivity index (χ1n) is 11.3. The maximum atomic E-state index is 13.6. The molecule has 2 aliphatic rings. The monoisotopic (exact) mass is 427 g/mol. The molecule has 3 heterocycles. The standard InChI is InChI=1S/C27H29N3O2/c1-28(2)17-21-10-6-7-11-23(21)24-12-13-25-22-14-19(16-30(25)27(24)32)15-29(18-22)26(31)20-8-4-3-5-9-20/h3-13,19,22H,14-18H2,1-2H3/t19-,22+/m0/s1. The summed E-state index contributed by atoms with van der Waals surface area (Å²) in [6.07, 6.45) is 1.04. The van der Waals surface area contributed by atoms with Gasteiger partial charge in [-0.3, -0.25) is 9.59 Å². The van der Waals surface area contributed by atoms with Gasteiger partial charge in [-0.1, -0.05) is 42.5 Å². The van der Waals surface area contributed by atoms with Crippen LogP contribution >= 0.6 is 0 Å². The number of hydrogen-bond acceptors (Lipinski definition) is 3. The fourth-order valence-corrected chi connectivity index (χ4v) is 5.34. The predicted octanol–water partition coefficient (Wildman–Crippen LogP) is 3.84. The van der Waals surface area contributed by atoms with Crippen molar-refractivity contribution >= 4 is 5.91 Å². The molecule has 2 aliphatic heterocycles. The van der Waals surface area contributed by atoms with Gasteiger partial charge in [0.2, 0.25) is 0 Å². The molecule has 0 aliphatic carbocycles. The molecule has 3 aromatic rings. The van der Waals surface area contributed by atoms with Crippen LogP contribution in [0, 0.1) is 5.92 Å². The lowest BCUT2D eigenvalue weighted by Crippen LogP contribution is -2.49. The molecule has 5 heteroatoms. The van der Waals surface area contributed by atoms with E-state index in [2.05, 4.69) is 17.0 Å². The second-order valence-electron chi connectivity index (χ2n) is 9.36. The van der Waals surface area contributed by atoms with Crippen molar-refractivity contribution in [2.75, 3.05) is 27.2 Å². The van der Waals surface area contributed by atoms with Crippen LogP contribution in [-0.4, -0.2) is 47.5 Å². The molecular formula is C27H29N3O2. The van der Waals surface area contributed by atoms with Crippen LogP contribution in [0.4, 0.5) is 0 Å². The largest absolute Gasteiger partial charge is 0.338 e. The molecule has 1 aromatic heterocycles. The summed E-state index contributed by atoms with van der Waals surface area (Å²) in [4.78, 5) is 30.7. The molecule has 1 saturated heterocycles. The number of amides is 1. The van der Waals surface area contributed by atoms with Crippen molar-refractivity contribution in [1.29, 1.82) is 0 Å². The minimum atomic E-state index is 0.0883. The number of carbonyl (C=O) groups excluding carboxylic acids is 1. The van der Waals surface area contributed by atoms with Crippen LogP contribution in [0.15, 0.2) is 71.5 Å². The van der Waals surface area contributed by atoms with Crippen molar-refractivity contribution in [3.8, 4) is 11.1 Å². The molecule has 2 bridgehead atoms. The van der Waals surface area contributed by atoms with Crippen LogP contribution in [0.1, 0.15) is 34.0 Å². The lowest BCUT2D eigenvalue weighted by molar-refractivity contribution is 0.0594. The van der Waals surface area contributed by atoms with Gasteiger partial charge >= 0.3 is 0 Å². The van der Waals surface area contributed by atoms with Crippen molar-refractivity contribution in [3.63, 3.8) is 0 Å². The highest BCUT2D eigenvalue weighted by atomic mass is 16.2. The Morgan fingerprint density at radius 3 is 2.44 bits per heavy atom. The maximum absolute atomic E-state index is 13.6. The van der Waals surface area contributed by atoms with Crippen molar-refractivity contribution in [1.82, 2.24) is 14.4 Å². The van der Waals surface area contributed by atoms with Gasteiger partial charge in [0.05, 0.1) is 0 Å². The molecule has 2 aromatic carbocycles. The molecule has 0 saturated carbocycles. The lowest BCUT2D eigenvalue weighted by Gasteiger charge is -2.43. The summed E-state index contributed by atoms with van der Waals surface area (Å²) in [6, 6.07) is 21.8. The number of benzene rings is 2. The maximum Gasteiger partial charge on any atom is 0.258 e. The van der Waals surface area contributed by atoms with Crippen LogP contribution in [0.2, 0.25) is 0 Å². The smallest absolute Gasteiger partial charge is 0.258 e. The molecule has 1 amide bonds. The normalized spacial score (nSPS) is 19.7. The van der Waals surface area contributed by atoms with Crippen LogP contribution in [0.25, 0.3) is 11.1 Å². The number of aromatic nitrogens is 1. The molecule has 0 radical (unpaired) electrons.